The number of halogens is 1. The summed E-state index contributed by atoms with van der Waals surface area (Å²) in [5, 5.41) is 1.08. The summed E-state index contributed by atoms with van der Waals surface area (Å²) in [6, 6.07) is 7.94. The number of hydrogen-bond donors (Lipinski definition) is 0. The molecule has 0 N–H and O–H groups in total. The van der Waals surface area contributed by atoms with E-state index in [1.807, 2.05) is 24.3 Å². The van der Waals surface area contributed by atoms with E-state index in [2.05, 4.69) is 39.6 Å². The van der Waals surface area contributed by atoms with Crippen molar-refractivity contribution in [1.29, 1.82) is 0 Å². The molecule has 0 spiro atoms. The van der Waals surface area contributed by atoms with Crippen molar-refractivity contribution in [3.63, 3.8) is 0 Å². The zero-order chi connectivity index (χ0) is 15.9. The smallest absolute Gasteiger partial charge is 0.107 e. The molecule has 0 atom stereocenters. The molecule has 0 heterocycles. The first kappa shape index (κ1) is 18.8. The Kier molecular flexibility index (Phi) is 11.4. The molecule has 0 aromatic heterocycles. The van der Waals surface area contributed by atoms with Crippen LogP contribution in [0, 0.1) is 23.7 Å². The first-order chi connectivity index (χ1) is 10.9. The number of benzene rings is 1. The fraction of sp³-hybridized carbons (Fsp3) is 0.474. The van der Waals surface area contributed by atoms with E-state index in [1.165, 1.54) is 12.8 Å². The molecule has 0 aliphatic rings. The second kappa shape index (κ2) is 13.4. The average Bonchev–Trinajstić information content (AvgIpc) is 2.55. The zero-order valence-electron chi connectivity index (χ0n) is 13.2. The Hall–Kier alpha value is -1.26. The molecule has 2 nitrogen and oxygen atoms in total. The molecule has 0 unspecified atom stereocenters. The van der Waals surface area contributed by atoms with Crippen LogP contribution in [-0.4, -0.2) is 32.3 Å². The van der Waals surface area contributed by atoms with E-state index in [4.69, 9.17) is 9.47 Å². The van der Waals surface area contributed by atoms with Gasteiger partial charge in [0.1, 0.15) is 6.61 Å². The lowest BCUT2D eigenvalue weighted by molar-refractivity contribution is 0.136. The van der Waals surface area contributed by atoms with Gasteiger partial charge in [-0.1, -0.05) is 46.0 Å². The van der Waals surface area contributed by atoms with Gasteiger partial charge in [-0.3, -0.25) is 0 Å². The summed E-state index contributed by atoms with van der Waals surface area (Å²) in [4.78, 5) is 0. The van der Waals surface area contributed by atoms with Gasteiger partial charge in [0.2, 0.25) is 0 Å². The highest BCUT2D eigenvalue weighted by Crippen LogP contribution is 2.02. The monoisotopic (exact) mass is 362 g/mol. The van der Waals surface area contributed by atoms with Crippen LogP contribution in [0.5, 0.6) is 0 Å². The molecule has 3 heteroatoms. The molecule has 0 aliphatic heterocycles. The topological polar surface area (TPSA) is 18.5 Å². The van der Waals surface area contributed by atoms with E-state index < -0.39 is 0 Å². The second-order valence-electron chi connectivity index (χ2n) is 4.73. The van der Waals surface area contributed by atoms with Crippen LogP contribution >= 0.6 is 15.9 Å². The van der Waals surface area contributed by atoms with E-state index in [0.717, 1.165) is 35.9 Å². The van der Waals surface area contributed by atoms with Crippen molar-refractivity contribution in [3.8, 4) is 23.7 Å². The maximum atomic E-state index is 5.54. The normalized spacial score (nSPS) is 9.55. The van der Waals surface area contributed by atoms with Gasteiger partial charge in [0.25, 0.3) is 0 Å². The highest BCUT2D eigenvalue weighted by atomic mass is 79.9. The maximum Gasteiger partial charge on any atom is 0.107 e. The number of alkyl halides is 1. The van der Waals surface area contributed by atoms with Gasteiger partial charge in [0, 0.05) is 36.6 Å². The van der Waals surface area contributed by atoms with Crippen LogP contribution in [0.25, 0.3) is 0 Å². The molecule has 1 rings (SSSR count). The minimum absolute atomic E-state index is 0.456. The maximum absolute atomic E-state index is 5.54. The summed E-state index contributed by atoms with van der Waals surface area (Å²) < 4.78 is 10.4. The Labute approximate surface area is 142 Å². The number of rotatable bonds is 8. The molecule has 1 aromatic carbocycles. The molecule has 118 valence electrons. The first-order valence-corrected chi connectivity index (χ1v) is 8.69. The summed E-state index contributed by atoms with van der Waals surface area (Å²) >= 11 is 3.42. The van der Waals surface area contributed by atoms with Crippen molar-refractivity contribution in [2.45, 2.75) is 25.7 Å². The van der Waals surface area contributed by atoms with Gasteiger partial charge >= 0.3 is 0 Å². The minimum Gasteiger partial charge on any atom is -0.380 e. The van der Waals surface area contributed by atoms with Crippen molar-refractivity contribution >= 4 is 15.9 Å². The fourth-order valence-corrected chi connectivity index (χ4v) is 2.11. The van der Waals surface area contributed by atoms with Gasteiger partial charge in [-0.25, -0.2) is 0 Å². The van der Waals surface area contributed by atoms with E-state index in [0.29, 0.717) is 13.2 Å². The zero-order valence-corrected chi connectivity index (χ0v) is 14.7. The molecular formula is C19H23BrO2. The molecular weight excluding hydrogens is 340 g/mol. The summed E-state index contributed by atoms with van der Waals surface area (Å²) in [7, 11) is 1.64. The molecule has 0 amide bonds. The molecule has 0 fully saturated rings. The second-order valence-corrected chi connectivity index (χ2v) is 5.52. The number of unbranched alkanes of at least 4 members (excludes halogenated alkanes) is 2. The Morgan fingerprint density at radius 1 is 0.909 bits per heavy atom. The summed E-state index contributed by atoms with van der Waals surface area (Å²) in [5.41, 5.74) is 1.99. The molecule has 1 aromatic rings. The Morgan fingerprint density at radius 3 is 2.23 bits per heavy atom. The summed E-state index contributed by atoms with van der Waals surface area (Å²) in [5.74, 6) is 12.2. The lowest BCUT2D eigenvalue weighted by Gasteiger charge is -2.00. The van der Waals surface area contributed by atoms with Gasteiger partial charge in [-0.05, 0) is 37.1 Å². The average molecular weight is 363 g/mol. The van der Waals surface area contributed by atoms with Crippen molar-refractivity contribution in [3.05, 3.63) is 35.4 Å². The predicted octanol–water partition coefficient (Wildman–Crippen LogP) is 4.01. The fourth-order valence-electron chi connectivity index (χ4n) is 1.71. The minimum atomic E-state index is 0.456. The predicted molar refractivity (Wildman–Crippen MR) is 95.2 cm³/mol. The van der Waals surface area contributed by atoms with Crippen LogP contribution in [0.1, 0.15) is 36.8 Å². The molecule has 0 saturated heterocycles. The van der Waals surface area contributed by atoms with Gasteiger partial charge < -0.3 is 9.47 Å². The number of methoxy groups -OCH3 is 1. The van der Waals surface area contributed by atoms with Crippen LogP contribution in [0.4, 0.5) is 0 Å². The van der Waals surface area contributed by atoms with E-state index in [-0.39, 0.29) is 0 Å². The largest absolute Gasteiger partial charge is 0.380 e. The molecule has 0 radical (unpaired) electrons. The third-order valence-electron chi connectivity index (χ3n) is 2.86. The third kappa shape index (κ3) is 9.64. The molecule has 0 saturated carbocycles. The lowest BCUT2D eigenvalue weighted by Crippen LogP contribution is -1.96. The highest BCUT2D eigenvalue weighted by Gasteiger charge is 1.90. The van der Waals surface area contributed by atoms with Gasteiger partial charge in [-0.2, -0.15) is 0 Å². The van der Waals surface area contributed by atoms with E-state index in [1.54, 1.807) is 7.11 Å². The van der Waals surface area contributed by atoms with Crippen LogP contribution in [0.3, 0.4) is 0 Å². The Bertz CT molecular complexity index is 514. The molecule has 0 bridgehead atoms. The van der Waals surface area contributed by atoms with E-state index in [9.17, 15) is 0 Å². The van der Waals surface area contributed by atoms with E-state index >= 15 is 0 Å². The van der Waals surface area contributed by atoms with Gasteiger partial charge in [-0.15, -0.1) is 0 Å². The van der Waals surface area contributed by atoms with Crippen molar-refractivity contribution in [2.75, 3.05) is 32.3 Å². The lowest BCUT2D eigenvalue weighted by atomic mass is 10.1. The van der Waals surface area contributed by atoms with Crippen LogP contribution < -0.4 is 0 Å². The number of ether oxygens (including phenoxy) is 2. The Balaban J connectivity index is 2.21. The molecule has 22 heavy (non-hydrogen) atoms. The summed E-state index contributed by atoms with van der Waals surface area (Å²) in [6.07, 6.45) is 4.34. The van der Waals surface area contributed by atoms with Crippen LogP contribution in [-0.2, 0) is 9.47 Å². The highest BCUT2D eigenvalue weighted by molar-refractivity contribution is 9.09. The first-order valence-electron chi connectivity index (χ1n) is 7.57. The standard InChI is InChI=1S/C19H23BrO2/c1-21-15-7-9-19-12-10-18(11-13-19)8-3-6-17-22-16-5-2-4-14-20/h10-13H,2,4-6,14-17H2,1H3. The van der Waals surface area contributed by atoms with Crippen molar-refractivity contribution < 1.29 is 9.47 Å². The summed E-state index contributed by atoms with van der Waals surface area (Å²) in [6.45, 7) is 2.00. The van der Waals surface area contributed by atoms with Crippen LogP contribution in [0.2, 0.25) is 0 Å². The van der Waals surface area contributed by atoms with Crippen molar-refractivity contribution in [2.24, 2.45) is 0 Å². The quantitative estimate of drug-likeness (QED) is 0.395. The molecule has 0 aliphatic carbocycles. The van der Waals surface area contributed by atoms with Crippen molar-refractivity contribution in [1.82, 2.24) is 0 Å². The van der Waals surface area contributed by atoms with Gasteiger partial charge in [0.05, 0.1) is 6.61 Å². The number of hydrogen-bond acceptors (Lipinski definition) is 2. The van der Waals surface area contributed by atoms with Gasteiger partial charge in [0.15, 0.2) is 0 Å². The van der Waals surface area contributed by atoms with Crippen LogP contribution in [0.15, 0.2) is 24.3 Å². The third-order valence-corrected chi connectivity index (χ3v) is 3.42. The Morgan fingerprint density at radius 2 is 1.59 bits per heavy atom. The SMILES string of the molecule is COCC#Cc1ccc(C#CCCOCCCCCBr)cc1.